The van der Waals surface area contributed by atoms with Crippen LogP contribution < -0.4 is 0 Å². The first-order valence-corrected chi connectivity index (χ1v) is 6.13. The van der Waals surface area contributed by atoms with Gasteiger partial charge in [0.1, 0.15) is 0 Å². The highest BCUT2D eigenvalue weighted by Gasteiger charge is 2.38. The van der Waals surface area contributed by atoms with Crippen LogP contribution in [0.1, 0.15) is 46.0 Å². The number of hydrogen-bond acceptors (Lipinski definition) is 1. The van der Waals surface area contributed by atoms with Gasteiger partial charge in [0.15, 0.2) is 0 Å². The van der Waals surface area contributed by atoms with Gasteiger partial charge in [-0.1, -0.05) is 33.1 Å². The van der Waals surface area contributed by atoms with Crippen molar-refractivity contribution in [2.45, 2.75) is 51.9 Å². The zero-order chi connectivity index (χ0) is 11.3. The first-order valence-electron chi connectivity index (χ1n) is 6.13. The quantitative estimate of drug-likeness (QED) is 0.618. The van der Waals surface area contributed by atoms with E-state index < -0.39 is 5.92 Å². The van der Waals surface area contributed by atoms with Gasteiger partial charge in [-0.2, -0.15) is 0 Å². The Morgan fingerprint density at radius 1 is 1.33 bits per heavy atom. The van der Waals surface area contributed by atoms with Crippen molar-refractivity contribution < 1.29 is 8.78 Å². The molecule has 3 heteroatoms. The molecule has 1 fully saturated rings. The number of alkyl halides is 2. The van der Waals surface area contributed by atoms with E-state index in [9.17, 15) is 8.78 Å². The van der Waals surface area contributed by atoms with Crippen LogP contribution in [0.4, 0.5) is 8.78 Å². The monoisotopic (exact) mass is 219 g/mol. The zero-order valence-electron chi connectivity index (χ0n) is 9.94. The highest BCUT2D eigenvalue weighted by molar-refractivity contribution is 4.82. The minimum atomic E-state index is -2.43. The molecule has 1 aliphatic heterocycles. The summed E-state index contributed by atoms with van der Waals surface area (Å²) in [7, 11) is 0. The van der Waals surface area contributed by atoms with Crippen LogP contribution in [0.5, 0.6) is 0 Å². The Bertz CT molecular complexity index is 182. The third-order valence-electron chi connectivity index (χ3n) is 3.12. The second kappa shape index (κ2) is 5.78. The van der Waals surface area contributed by atoms with Gasteiger partial charge in [-0.15, -0.1) is 0 Å². The van der Waals surface area contributed by atoms with Crippen molar-refractivity contribution in [1.29, 1.82) is 0 Å². The van der Waals surface area contributed by atoms with E-state index in [2.05, 4.69) is 13.8 Å². The predicted molar refractivity (Wildman–Crippen MR) is 59.3 cm³/mol. The van der Waals surface area contributed by atoms with E-state index >= 15 is 0 Å². The van der Waals surface area contributed by atoms with Crippen molar-refractivity contribution in [2.24, 2.45) is 5.92 Å². The predicted octanol–water partition coefficient (Wildman–Crippen LogP) is 3.54. The van der Waals surface area contributed by atoms with E-state index in [-0.39, 0.29) is 13.0 Å². The Kier molecular flexibility index (Phi) is 4.97. The van der Waals surface area contributed by atoms with Crippen molar-refractivity contribution in [3.05, 3.63) is 0 Å². The second-order valence-electron chi connectivity index (χ2n) is 4.94. The lowest BCUT2D eigenvalue weighted by Gasteiger charge is -2.20. The minimum absolute atomic E-state index is 0.0227. The molecular weight excluding hydrogens is 196 g/mol. The van der Waals surface area contributed by atoms with Gasteiger partial charge in [0.2, 0.25) is 0 Å². The fourth-order valence-corrected chi connectivity index (χ4v) is 2.24. The highest BCUT2D eigenvalue weighted by Crippen LogP contribution is 2.27. The normalized spacial score (nSPS) is 23.2. The van der Waals surface area contributed by atoms with E-state index in [0.29, 0.717) is 12.5 Å². The molecule has 0 saturated carbocycles. The fraction of sp³-hybridized carbons (Fsp3) is 1.00. The van der Waals surface area contributed by atoms with Crippen LogP contribution in [-0.2, 0) is 0 Å². The van der Waals surface area contributed by atoms with Crippen molar-refractivity contribution in [3.8, 4) is 0 Å². The van der Waals surface area contributed by atoms with Crippen LogP contribution in [0.15, 0.2) is 0 Å². The van der Waals surface area contributed by atoms with Gasteiger partial charge < -0.3 is 0 Å². The lowest BCUT2D eigenvalue weighted by atomic mass is 10.0. The van der Waals surface area contributed by atoms with Gasteiger partial charge >= 0.3 is 0 Å². The molecule has 1 saturated heterocycles. The molecule has 0 aromatic heterocycles. The van der Waals surface area contributed by atoms with Gasteiger partial charge in [0.25, 0.3) is 5.92 Å². The van der Waals surface area contributed by atoms with Crippen LogP contribution >= 0.6 is 0 Å². The molecule has 1 unspecified atom stereocenters. The maximum absolute atomic E-state index is 12.9. The summed E-state index contributed by atoms with van der Waals surface area (Å²) in [6, 6.07) is 0. The molecule has 0 bridgehead atoms. The lowest BCUT2D eigenvalue weighted by Crippen LogP contribution is -2.29. The molecule has 15 heavy (non-hydrogen) atoms. The van der Waals surface area contributed by atoms with Gasteiger partial charge in [-0.25, -0.2) is 8.78 Å². The molecule has 90 valence electrons. The number of halogens is 2. The van der Waals surface area contributed by atoms with Gasteiger partial charge in [0.05, 0.1) is 6.54 Å². The van der Waals surface area contributed by atoms with Crippen LogP contribution in [-0.4, -0.2) is 30.5 Å². The van der Waals surface area contributed by atoms with Gasteiger partial charge in [-0.05, 0) is 12.3 Å². The molecule has 1 atom stereocenters. The van der Waals surface area contributed by atoms with Crippen LogP contribution in [0, 0.1) is 5.92 Å². The summed E-state index contributed by atoms with van der Waals surface area (Å²) < 4.78 is 25.8. The molecule has 0 aromatic carbocycles. The van der Waals surface area contributed by atoms with Crippen LogP contribution in [0.2, 0.25) is 0 Å². The Hall–Kier alpha value is -0.180. The van der Waals surface area contributed by atoms with E-state index in [1.165, 1.54) is 25.7 Å². The van der Waals surface area contributed by atoms with Gasteiger partial charge in [-0.3, -0.25) is 4.90 Å². The Morgan fingerprint density at radius 2 is 2.07 bits per heavy atom. The zero-order valence-corrected chi connectivity index (χ0v) is 9.94. The third kappa shape index (κ3) is 4.92. The molecular formula is C12H23F2N. The first-order chi connectivity index (χ1) is 7.03. The molecule has 0 amide bonds. The SMILES string of the molecule is CCCCCC(C)CN1CCC(F)(F)C1. The molecule has 1 nitrogen and oxygen atoms in total. The van der Waals surface area contributed by atoms with Crippen molar-refractivity contribution in [1.82, 2.24) is 4.90 Å². The molecule has 0 aromatic rings. The minimum Gasteiger partial charge on any atom is -0.297 e. The number of likely N-dealkylation sites (tertiary alicyclic amines) is 1. The smallest absolute Gasteiger partial charge is 0.261 e. The Labute approximate surface area is 91.8 Å². The summed E-state index contributed by atoms with van der Waals surface area (Å²) in [6.07, 6.45) is 4.96. The summed E-state index contributed by atoms with van der Waals surface area (Å²) in [5.41, 5.74) is 0. The van der Waals surface area contributed by atoms with Crippen molar-refractivity contribution >= 4 is 0 Å². The summed E-state index contributed by atoms with van der Waals surface area (Å²) in [6.45, 7) is 5.76. The molecule has 1 aliphatic rings. The Balaban J connectivity index is 2.13. The largest absolute Gasteiger partial charge is 0.297 e. The lowest BCUT2D eigenvalue weighted by molar-refractivity contribution is 0.0110. The second-order valence-corrected chi connectivity index (χ2v) is 4.94. The first kappa shape index (κ1) is 12.9. The maximum Gasteiger partial charge on any atom is 0.261 e. The van der Waals surface area contributed by atoms with Crippen LogP contribution in [0.25, 0.3) is 0 Å². The number of nitrogens with zero attached hydrogens (tertiary/aromatic N) is 1. The topological polar surface area (TPSA) is 3.24 Å². The summed E-state index contributed by atoms with van der Waals surface area (Å²) in [4.78, 5) is 1.91. The average molecular weight is 219 g/mol. The molecule has 0 spiro atoms. The van der Waals surface area contributed by atoms with Crippen molar-refractivity contribution in [2.75, 3.05) is 19.6 Å². The third-order valence-corrected chi connectivity index (χ3v) is 3.12. The number of rotatable bonds is 6. The molecule has 1 heterocycles. The summed E-state index contributed by atoms with van der Waals surface area (Å²) in [5, 5.41) is 0. The average Bonchev–Trinajstić information content (AvgIpc) is 2.46. The molecule has 0 N–H and O–H groups in total. The van der Waals surface area contributed by atoms with E-state index in [0.717, 1.165) is 6.54 Å². The molecule has 0 aliphatic carbocycles. The maximum atomic E-state index is 12.9. The van der Waals surface area contributed by atoms with E-state index in [1.54, 1.807) is 0 Å². The molecule has 1 rings (SSSR count). The number of hydrogen-bond donors (Lipinski definition) is 0. The van der Waals surface area contributed by atoms with E-state index in [4.69, 9.17) is 0 Å². The Morgan fingerprint density at radius 3 is 2.60 bits per heavy atom. The molecule has 0 radical (unpaired) electrons. The van der Waals surface area contributed by atoms with Gasteiger partial charge in [0, 0.05) is 19.5 Å². The highest BCUT2D eigenvalue weighted by atomic mass is 19.3. The fourth-order valence-electron chi connectivity index (χ4n) is 2.24. The van der Waals surface area contributed by atoms with E-state index in [1.807, 2.05) is 4.90 Å². The summed E-state index contributed by atoms with van der Waals surface area (Å²) >= 11 is 0. The summed E-state index contributed by atoms with van der Waals surface area (Å²) in [5.74, 6) is -1.87. The standard InChI is InChI=1S/C12H23F2N/c1-3-4-5-6-11(2)9-15-8-7-12(13,14)10-15/h11H,3-10H2,1-2H3. The van der Waals surface area contributed by atoms with Crippen molar-refractivity contribution in [3.63, 3.8) is 0 Å². The number of unbranched alkanes of at least 4 members (excludes halogenated alkanes) is 2. The van der Waals surface area contributed by atoms with Crippen LogP contribution in [0.3, 0.4) is 0 Å².